The molecule has 0 heterocycles. The van der Waals surface area contributed by atoms with Crippen LogP contribution >= 0.6 is 17.0 Å². The molecule has 0 aliphatic heterocycles. The van der Waals surface area contributed by atoms with Crippen LogP contribution in [0.5, 0.6) is 0 Å². The second kappa shape index (κ2) is 11.1. The normalized spacial score (nSPS) is 9.70. The molecular formula is C20H24Cl2Zr-2. The van der Waals surface area contributed by atoms with Gasteiger partial charge in [-0.05, 0) is 0 Å². The maximum Gasteiger partial charge on any atom is -0.0809 e. The van der Waals surface area contributed by atoms with Crippen LogP contribution in [0, 0.1) is 0 Å². The number of benzene rings is 1. The molecule has 0 bridgehead atoms. The van der Waals surface area contributed by atoms with Crippen LogP contribution in [0.2, 0.25) is 0 Å². The summed E-state index contributed by atoms with van der Waals surface area (Å²) in [6.45, 7) is 8.37. The molecule has 0 spiro atoms. The summed E-state index contributed by atoms with van der Waals surface area (Å²) in [6, 6.07) is 23.1. The van der Waals surface area contributed by atoms with Gasteiger partial charge in [0.1, 0.15) is 0 Å². The minimum absolute atomic E-state index is 0.685. The van der Waals surface area contributed by atoms with Gasteiger partial charge in [-0.3, -0.25) is 0 Å². The van der Waals surface area contributed by atoms with E-state index < -0.39 is 18.9 Å². The SMILES string of the molecule is CC(C)c1cc[cH-]c1.C[C](C)=[Zr]([Cl])[Cl].c1ccc2[cH-]ccc2c1. The van der Waals surface area contributed by atoms with Crippen molar-refractivity contribution in [2.24, 2.45) is 0 Å². The van der Waals surface area contributed by atoms with Gasteiger partial charge in [-0.1, -0.05) is 25.8 Å². The van der Waals surface area contributed by atoms with Gasteiger partial charge >= 0.3 is 53.0 Å². The zero-order valence-corrected chi connectivity index (χ0v) is 18.2. The summed E-state index contributed by atoms with van der Waals surface area (Å²) < 4.78 is 1.24. The van der Waals surface area contributed by atoms with E-state index in [-0.39, 0.29) is 0 Å². The predicted octanol–water partition coefficient (Wildman–Crippen LogP) is 7.21. The molecule has 0 atom stereocenters. The zero-order chi connectivity index (χ0) is 17.2. The van der Waals surface area contributed by atoms with E-state index in [0.29, 0.717) is 5.92 Å². The summed E-state index contributed by atoms with van der Waals surface area (Å²) >= 11 is -1.84. The van der Waals surface area contributed by atoms with E-state index in [1.807, 2.05) is 13.8 Å². The van der Waals surface area contributed by atoms with Gasteiger partial charge in [0, 0.05) is 0 Å². The molecule has 0 fully saturated rings. The van der Waals surface area contributed by atoms with Crippen molar-refractivity contribution in [1.82, 2.24) is 0 Å². The van der Waals surface area contributed by atoms with Crippen LogP contribution in [-0.4, -0.2) is 3.21 Å². The molecule has 0 nitrogen and oxygen atoms in total. The maximum atomic E-state index is 5.54. The van der Waals surface area contributed by atoms with Crippen molar-refractivity contribution in [2.75, 3.05) is 0 Å². The molecule has 0 saturated carbocycles. The maximum absolute atomic E-state index is 5.54. The Morgan fingerprint density at radius 1 is 1.00 bits per heavy atom. The predicted molar refractivity (Wildman–Crippen MR) is 104 cm³/mol. The number of hydrogen-bond donors (Lipinski definition) is 0. The molecule has 0 N–H and O–H groups in total. The van der Waals surface area contributed by atoms with Crippen LogP contribution in [0.1, 0.15) is 39.2 Å². The minimum atomic E-state index is -1.84. The van der Waals surface area contributed by atoms with Gasteiger partial charge in [-0.2, -0.15) is 41.3 Å². The van der Waals surface area contributed by atoms with Crippen molar-refractivity contribution in [3.63, 3.8) is 0 Å². The van der Waals surface area contributed by atoms with E-state index in [9.17, 15) is 0 Å². The molecule has 0 aliphatic carbocycles. The molecular weight excluding hydrogens is 402 g/mol. The van der Waals surface area contributed by atoms with E-state index in [1.165, 1.54) is 19.5 Å². The number of rotatable bonds is 1. The first-order valence-electron chi connectivity index (χ1n) is 7.72. The average molecular weight is 427 g/mol. The third-order valence-corrected chi connectivity index (χ3v) is 9.61. The topological polar surface area (TPSA) is 0 Å². The fourth-order valence-electron chi connectivity index (χ4n) is 1.84. The third kappa shape index (κ3) is 8.25. The molecule has 3 rings (SSSR count). The molecule has 0 aromatic heterocycles. The Labute approximate surface area is 155 Å². The first-order chi connectivity index (χ1) is 10.9. The van der Waals surface area contributed by atoms with Gasteiger partial charge in [0.05, 0.1) is 0 Å². The van der Waals surface area contributed by atoms with Crippen molar-refractivity contribution >= 4 is 31.0 Å². The average Bonchev–Trinajstić information content (AvgIpc) is 3.20. The molecule has 3 heteroatoms. The van der Waals surface area contributed by atoms with E-state index in [4.69, 9.17) is 17.0 Å². The van der Waals surface area contributed by atoms with Crippen LogP contribution < -0.4 is 0 Å². The largest absolute Gasteiger partial charge is 0.168 e. The van der Waals surface area contributed by atoms with Gasteiger partial charge in [-0.15, -0.1) is 29.7 Å². The van der Waals surface area contributed by atoms with Crippen LogP contribution in [0.15, 0.2) is 66.7 Å². The minimum Gasteiger partial charge on any atom is -0.168 e. The molecule has 3 aromatic carbocycles. The molecule has 0 aliphatic rings. The van der Waals surface area contributed by atoms with Crippen LogP contribution in [0.25, 0.3) is 10.8 Å². The Bertz CT molecular complexity index is 658. The molecule has 3 aromatic rings. The van der Waals surface area contributed by atoms with Crippen LogP contribution in [-0.2, 0) is 18.9 Å². The van der Waals surface area contributed by atoms with Gasteiger partial charge in [0.25, 0.3) is 0 Å². The van der Waals surface area contributed by atoms with Crippen molar-refractivity contribution in [3.8, 4) is 0 Å². The Balaban J connectivity index is 0.000000177. The summed E-state index contributed by atoms with van der Waals surface area (Å²) in [6.07, 6.45) is 0. The van der Waals surface area contributed by atoms with Gasteiger partial charge in [0.2, 0.25) is 0 Å². The second-order valence-corrected chi connectivity index (χ2v) is 15.1. The standard InChI is InChI=1S/C9H7.C8H11.C3H6.2ClH.Zr/c1-2-5-9-7-3-6-8(9)4-1;1-7(2)8-5-3-4-6-8;1-3-2;;;/h1-7H;3-7H,1-2H3;1-2H3;2*1H;/q2*-1;;;;+2/p-2. The number of fused-ring (bicyclic) bond motifs is 1. The van der Waals surface area contributed by atoms with Gasteiger partial charge in [0.15, 0.2) is 0 Å². The first kappa shape index (κ1) is 20.6. The fraction of sp³-hybridized carbons (Fsp3) is 0.250. The Kier molecular flexibility index (Phi) is 9.95. The van der Waals surface area contributed by atoms with Crippen molar-refractivity contribution < 1.29 is 18.9 Å². The Morgan fingerprint density at radius 3 is 2.09 bits per heavy atom. The second-order valence-electron chi connectivity index (χ2n) is 5.79. The summed E-state index contributed by atoms with van der Waals surface area (Å²) in [5, 5.41) is 2.66. The van der Waals surface area contributed by atoms with Crippen molar-refractivity contribution in [3.05, 3.63) is 72.3 Å². The number of hydrogen-bond acceptors (Lipinski definition) is 0. The van der Waals surface area contributed by atoms with E-state index in [0.717, 1.165) is 0 Å². The molecule has 124 valence electrons. The fourth-order valence-corrected chi connectivity index (χ4v) is 1.84. The Hall–Kier alpha value is -0.487. The molecule has 0 saturated heterocycles. The summed E-state index contributed by atoms with van der Waals surface area (Å²) in [5.74, 6) is 0.685. The van der Waals surface area contributed by atoms with Gasteiger partial charge < -0.3 is 0 Å². The molecule has 0 radical (unpaired) electrons. The number of halogens is 2. The first-order valence-corrected chi connectivity index (χ1v) is 15.3. The summed E-state index contributed by atoms with van der Waals surface area (Å²) in [4.78, 5) is 0. The van der Waals surface area contributed by atoms with Crippen molar-refractivity contribution in [2.45, 2.75) is 33.6 Å². The van der Waals surface area contributed by atoms with E-state index >= 15 is 0 Å². The third-order valence-electron chi connectivity index (χ3n) is 3.28. The summed E-state index contributed by atoms with van der Waals surface area (Å²) in [5.41, 5.74) is 1.44. The monoisotopic (exact) mass is 424 g/mol. The van der Waals surface area contributed by atoms with Crippen LogP contribution in [0.4, 0.5) is 0 Å². The summed E-state index contributed by atoms with van der Waals surface area (Å²) in [7, 11) is 11.1. The van der Waals surface area contributed by atoms with Crippen LogP contribution in [0.3, 0.4) is 0 Å². The molecule has 0 unspecified atom stereocenters. The zero-order valence-electron chi connectivity index (χ0n) is 14.2. The Morgan fingerprint density at radius 2 is 1.65 bits per heavy atom. The molecule has 0 amide bonds. The van der Waals surface area contributed by atoms with E-state index in [2.05, 4.69) is 80.6 Å². The van der Waals surface area contributed by atoms with Gasteiger partial charge in [-0.25, -0.2) is 6.07 Å². The van der Waals surface area contributed by atoms with E-state index in [1.54, 1.807) is 0 Å². The quantitative estimate of drug-likeness (QED) is 0.361. The smallest absolute Gasteiger partial charge is 0.0809 e. The van der Waals surface area contributed by atoms with Crippen molar-refractivity contribution in [1.29, 1.82) is 0 Å². The molecule has 23 heavy (non-hydrogen) atoms.